The zero-order valence-electron chi connectivity index (χ0n) is 19.3. The van der Waals surface area contributed by atoms with E-state index in [4.69, 9.17) is 8.37 Å². The maximum atomic E-state index is 13.5. The van der Waals surface area contributed by atoms with Crippen LogP contribution in [0.25, 0.3) is 0 Å². The zero-order chi connectivity index (χ0) is 25.9. The van der Waals surface area contributed by atoms with Gasteiger partial charge in [-0.1, -0.05) is 57.2 Å². The number of esters is 1. The van der Waals surface area contributed by atoms with E-state index in [9.17, 15) is 26.4 Å². The number of carbonyl (C=O) groups is 1. The van der Waals surface area contributed by atoms with E-state index in [-0.39, 0.29) is 32.3 Å². The fraction of sp³-hybridized carbons (Fsp3) is 0.240. The second-order valence-corrected chi connectivity index (χ2v) is 13.3. The fourth-order valence-corrected chi connectivity index (χ4v) is 7.97. The Morgan fingerprint density at radius 2 is 1.17 bits per heavy atom. The predicted octanol–water partition coefficient (Wildman–Crippen LogP) is 7.09. The van der Waals surface area contributed by atoms with E-state index >= 15 is 0 Å². The van der Waals surface area contributed by atoms with Crippen molar-refractivity contribution in [3.8, 4) is 5.75 Å². The quantitative estimate of drug-likeness (QED) is 0.187. The van der Waals surface area contributed by atoms with Crippen LogP contribution in [0.2, 0.25) is 0 Å². The molecule has 3 aromatic carbocycles. The van der Waals surface area contributed by atoms with Crippen molar-refractivity contribution in [2.45, 2.75) is 47.4 Å². The van der Waals surface area contributed by atoms with Gasteiger partial charge in [0.05, 0.1) is 6.42 Å². The number of carbonyl (C=O) groups excluding carboxylic acids is 1. The third-order valence-electron chi connectivity index (χ3n) is 4.69. The molecule has 0 heterocycles. The topological polar surface area (TPSA) is 69.7 Å². The van der Waals surface area contributed by atoms with Crippen LogP contribution in [0.15, 0.2) is 99.6 Å². The maximum absolute atomic E-state index is 13.5. The minimum atomic E-state index is -6.00. The van der Waals surface area contributed by atoms with Gasteiger partial charge in [0, 0.05) is 14.7 Å². The van der Waals surface area contributed by atoms with Crippen LogP contribution in [0.1, 0.15) is 27.2 Å². The van der Waals surface area contributed by atoms with E-state index in [1.807, 2.05) is 20.8 Å². The minimum Gasteiger partial charge on any atom is -0.427 e. The van der Waals surface area contributed by atoms with E-state index in [1.54, 1.807) is 36.4 Å². The van der Waals surface area contributed by atoms with E-state index < -0.39 is 31.9 Å². The molecule has 188 valence electrons. The van der Waals surface area contributed by atoms with Gasteiger partial charge < -0.3 is 4.74 Å². The van der Waals surface area contributed by atoms with Crippen LogP contribution in [-0.4, -0.2) is 19.9 Å². The number of hydrogen-bond acceptors (Lipinski definition) is 5. The standard InChI is InChI=1S/C25H25F3O5S2/c1-24(2,3)18-23(29)32-19-14-16-22(17-15-19)34(20-10-6-4-7-11-20,21-12-8-5-9-13-21)33-35(30,31)25(26,27)28/h4-17H,18H2,1-3H3. The normalized spacial score (nSPS) is 13.3. The molecule has 0 spiro atoms. The van der Waals surface area contributed by atoms with E-state index in [0.717, 1.165) is 0 Å². The SMILES string of the molecule is CC(C)(C)CC(=O)Oc1ccc(S(OS(=O)(=O)C(F)(F)F)(c2ccccc2)c2ccccc2)cc1. The Balaban J connectivity index is 2.17. The molecule has 10 heteroatoms. The van der Waals surface area contributed by atoms with Gasteiger partial charge in [0.1, 0.15) is 5.75 Å². The molecule has 0 fully saturated rings. The van der Waals surface area contributed by atoms with E-state index in [1.165, 1.54) is 48.5 Å². The lowest BCUT2D eigenvalue weighted by molar-refractivity contribution is -0.136. The molecular weight excluding hydrogens is 501 g/mol. The van der Waals surface area contributed by atoms with Gasteiger partial charge in [-0.05, 0) is 64.3 Å². The van der Waals surface area contributed by atoms with Gasteiger partial charge >= 0.3 is 21.6 Å². The molecule has 0 radical (unpaired) electrons. The molecule has 0 aliphatic heterocycles. The molecule has 3 aromatic rings. The Bertz CT molecular complexity index is 1210. The van der Waals surface area contributed by atoms with Gasteiger partial charge in [0.2, 0.25) is 0 Å². The highest BCUT2D eigenvalue weighted by Gasteiger charge is 2.52. The summed E-state index contributed by atoms with van der Waals surface area (Å²) in [6.07, 6.45) is 0.158. The summed E-state index contributed by atoms with van der Waals surface area (Å²) in [5.74, 6) is -0.290. The highest BCUT2D eigenvalue weighted by molar-refractivity contribution is 8.33. The van der Waals surface area contributed by atoms with Crippen molar-refractivity contribution in [2.24, 2.45) is 5.41 Å². The van der Waals surface area contributed by atoms with Crippen LogP contribution in [0.4, 0.5) is 13.2 Å². The lowest BCUT2D eigenvalue weighted by atomic mass is 9.92. The third kappa shape index (κ3) is 6.25. The second kappa shape index (κ2) is 10.0. The smallest absolute Gasteiger partial charge is 0.427 e. The van der Waals surface area contributed by atoms with Crippen LogP contribution < -0.4 is 4.74 Å². The van der Waals surface area contributed by atoms with Gasteiger partial charge in [-0.15, -0.1) is 0 Å². The summed E-state index contributed by atoms with van der Waals surface area (Å²) < 4.78 is 75.7. The summed E-state index contributed by atoms with van der Waals surface area (Å²) in [7, 11) is -9.39. The van der Waals surface area contributed by atoms with Crippen molar-refractivity contribution in [3.63, 3.8) is 0 Å². The monoisotopic (exact) mass is 526 g/mol. The van der Waals surface area contributed by atoms with Crippen molar-refractivity contribution in [3.05, 3.63) is 84.9 Å². The van der Waals surface area contributed by atoms with Gasteiger partial charge in [0.15, 0.2) is 0 Å². The Labute approximate surface area is 204 Å². The number of halogens is 3. The summed E-state index contributed by atoms with van der Waals surface area (Å²) in [5, 5.41) is 0. The van der Waals surface area contributed by atoms with Crippen molar-refractivity contribution in [2.75, 3.05) is 0 Å². The maximum Gasteiger partial charge on any atom is 0.524 e. The van der Waals surface area contributed by atoms with Crippen molar-refractivity contribution in [1.29, 1.82) is 0 Å². The molecule has 35 heavy (non-hydrogen) atoms. The average Bonchev–Trinajstić information content (AvgIpc) is 2.77. The Kier molecular flexibility index (Phi) is 7.68. The molecular formula is C25H25F3O5S2. The first-order valence-electron chi connectivity index (χ1n) is 10.5. The molecule has 0 unspecified atom stereocenters. The molecule has 0 aliphatic carbocycles. The Morgan fingerprint density at radius 3 is 1.57 bits per heavy atom. The van der Waals surface area contributed by atoms with E-state index in [2.05, 4.69) is 0 Å². The van der Waals surface area contributed by atoms with E-state index in [0.29, 0.717) is 0 Å². The molecule has 0 amide bonds. The highest BCUT2D eigenvalue weighted by atomic mass is 32.3. The van der Waals surface area contributed by atoms with Crippen LogP contribution in [0.3, 0.4) is 0 Å². The molecule has 5 nitrogen and oxygen atoms in total. The number of rotatable bonds is 7. The first kappa shape index (κ1) is 26.8. The summed E-state index contributed by atoms with van der Waals surface area (Å²) >= 11 is 0. The number of benzene rings is 3. The first-order chi connectivity index (χ1) is 16.2. The molecule has 0 N–H and O–H groups in total. The largest absolute Gasteiger partial charge is 0.524 e. The summed E-state index contributed by atoms with van der Waals surface area (Å²) in [5.41, 5.74) is -5.92. The zero-order valence-corrected chi connectivity index (χ0v) is 20.9. The van der Waals surface area contributed by atoms with Crippen LogP contribution >= 0.6 is 10.3 Å². The molecule has 0 aromatic heterocycles. The van der Waals surface area contributed by atoms with Gasteiger partial charge in [0.25, 0.3) is 0 Å². The van der Waals surface area contributed by atoms with Crippen LogP contribution in [-0.2, 0) is 18.5 Å². The minimum absolute atomic E-state index is 0.158. The van der Waals surface area contributed by atoms with Gasteiger partial charge in [-0.2, -0.15) is 25.2 Å². The van der Waals surface area contributed by atoms with Crippen molar-refractivity contribution < 1.29 is 34.7 Å². The summed E-state index contributed by atoms with van der Waals surface area (Å²) in [4.78, 5) is 12.9. The average molecular weight is 527 g/mol. The Hall–Kier alpha value is -2.82. The van der Waals surface area contributed by atoms with Crippen molar-refractivity contribution >= 4 is 26.4 Å². The van der Waals surface area contributed by atoms with Gasteiger partial charge in [-0.3, -0.25) is 4.79 Å². The van der Waals surface area contributed by atoms with Crippen LogP contribution in [0, 0.1) is 5.41 Å². The number of ether oxygens (including phenoxy) is 1. The lowest BCUT2D eigenvalue weighted by Gasteiger charge is -2.39. The first-order valence-corrected chi connectivity index (χ1v) is 13.5. The fourth-order valence-electron chi connectivity index (χ4n) is 3.22. The van der Waals surface area contributed by atoms with Gasteiger partial charge in [-0.25, -0.2) is 0 Å². The summed E-state index contributed by atoms with van der Waals surface area (Å²) in [6, 6.07) is 21.4. The molecule has 0 bridgehead atoms. The lowest BCUT2D eigenvalue weighted by Crippen LogP contribution is -2.27. The third-order valence-corrected chi connectivity index (χ3v) is 9.60. The molecule has 0 atom stereocenters. The number of alkyl halides is 3. The highest BCUT2D eigenvalue weighted by Crippen LogP contribution is 2.70. The molecule has 0 saturated heterocycles. The molecule has 0 aliphatic rings. The summed E-state index contributed by atoms with van der Waals surface area (Å²) in [6.45, 7) is 5.65. The predicted molar refractivity (Wildman–Crippen MR) is 127 cm³/mol. The second-order valence-electron chi connectivity index (χ2n) is 8.83. The molecule has 3 rings (SSSR count). The van der Waals surface area contributed by atoms with Crippen LogP contribution in [0.5, 0.6) is 5.75 Å². The Morgan fingerprint density at radius 1 is 0.743 bits per heavy atom. The number of hydrogen-bond donors (Lipinski definition) is 0. The van der Waals surface area contributed by atoms with Crippen molar-refractivity contribution in [1.82, 2.24) is 0 Å². The molecule has 0 saturated carbocycles.